The molecular weight excluding hydrogens is 296 g/mol. The third kappa shape index (κ3) is 3.14. The molecule has 1 fully saturated rings. The van der Waals surface area contributed by atoms with Gasteiger partial charge in [0, 0.05) is 30.7 Å². The Balaban J connectivity index is 2.01. The summed E-state index contributed by atoms with van der Waals surface area (Å²) in [5.41, 5.74) is 13.0. The maximum Gasteiger partial charge on any atom is 0.231 e. The van der Waals surface area contributed by atoms with Crippen LogP contribution in [0.15, 0.2) is 22.7 Å². The van der Waals surface area contributed by atoms with Crippen LogP contribution in [0.25, 0.3) is 0 Å². The number of anilines is 2. The number of nitrogens with two attached hydrogens (primary N) is 2. The number of nitrogen functional groups attached to an aromatic ring is 1. The van der Waals surface area contributed by atoms with Crippen LogP contribution in [0.3, 0.4) is 0 Å². The second-order valence-corrected chi connectivity index (χ2v) is 5.35. The summed E-state index contributed by atoms with van der Waals surface area (Å²) in [6.07, 6.45) is 0. The first-order valence-electron chi connectivity index (χ1n) is 5.87. The molecule has 0 radical (unpaired) electrons. The summed E-state index contributed by atoms with van der Waals surface area (Å²) < 4.78 is 1.02. The third-order valence-corrected chi connectivity index (χ3v) is 3.58. The molecule has 0 atom stereocenters. The van der Waals surface area contributed by atoms with Gasteiger partial charge in [-0.3, -0.25) is 9.69 Å². The SMILES string of the molecule is NC(=O)CN1CCN(c2cc(Br)ccc2N)CC1. The van der Waals surface area contributed by atoms with Gasteiger partial charge in [0.2, 0.25) is 5.91 Å². The molecule has 6 heteroatoms. The quantitative estimate of drug-likeness (QED) is 0.803. The van der Waals surface area contributed by atoms with Crippen LogP contribution >= 0.6 is 15.9 Å². The Morgan fingerprint density at radius 2 is 1.94 bits per heavy atom. The van der Waals surface area contributed by atoms with Crippen LogP contribution in [0.2, 0.25) is 0 Å². The lowest BCUT2D eigenvalue weighted by Crippen LogP contribution is -2.49. The van der Waals surface area contributed by atoms with Crippen molar-refractivity contribution >= 4 is 33.2 Å². The summed E-state index contributed by atoms with van der Waals surface area (Å²) >= 11 is 3.45. The van der Waals surface area contributed by atoms with Crippen LogP contribution in [0.1, 0.15) is 0 Å². The van der Waals surface area contributed by atoms with Crippen molar-refractivity contribution in [3.05, 3.63) is 22.7 Å². The second-order valence-electron chi connectivity index (χ2n) is 4.43. The van der Waals surface area contributed by atoms with Gasteiger partial charge in [-0.15, -0.1) is 0 Å². The zero-order valence-corrected chi connectivity index (χ0v) is 11.7. The summed E-state index contributed by atoms with van der Waals surface area (Å²) in [5.74, 6) is -0.273. The van der Waals surface area contributed by atoms with Crippen molar-refractivity contribution in [3.8, 4) is 0 Å². The zero-order chi connectivity index (χ0) is 13.1. The largest absolute Gasteiger partial charge is 0.397 e. The minimum atomic E-state index is -0.273. The van der Waals surface area contributed by atoms with E-state index in [-0.39, 0.29) is 5.91 Å². The van der Waals surface area contributed by atoms with Crippen molar-refractivity contribution in [2.24, 2.45) is 5.73 Å². The monoisotopic (exact) mass is 312 g/mol. The number of rotatable bonds is 3. The minimum absolute atomic E-state index is 0.273. The molecular formula is C12H17BrN4O. The molecule has 1 aromatic rings. The first-order chi connectivity index (χ1) is 8.56. The predicted molar refractivity (Wildman–Crippen MR) is 76.4 cm³/mol. The van der Waals surface area contributed by atoms with Crippen LogP contribution in [0.5, 0.6) is 0 Å². The number of piperazine rings is 1. The maximum absolute atomic E-state index is 10.9. The standard InChI is InChI=1S/C12H17BrN4O/c13-9-1-2-10(14)11(7-9)17-5-3-16(4-6-17)8-12(15)18/h1-2,7H,3-6,8,14H2,(H2,15,18). The predicted octanol–water partition coefficient (Wildman–Crippen LogP) is 0.639. The molecule has 1 aliphatic heterocycles. The van der Waals surface area contributed by atoms with Crippen molar-refractivity contribution < 1.29 is 4.79 Å². The Labute approximate surface area is 115 Å². The summed E-state index contributed by atoms with van der Waals surface area (Å²) in [5, 5.41) is 0. The smallest absolute Gasteiger partial charge is 0.231 e. The highest BCUT2D eigenvalue weighted by molar-refractivity contribution is 9.10. The maximum atomic E-state index is 10.9. The zero-order valence-electron chi connectivity index (χ0n) is 10.1. The van der Waals surface area contributed by atoms with Crippen molar-refractivity contribution in [1.29, 1.82) is 0 Å². The third-order valence-electron chi connectivity index (χ3n) is 3.08. The molecule has 98 valence electrons. The number of benzene rings is 1. The molecule has 2 rings (SSSR count). The molecule has 0 aromatic heterocycles. The Hall–Kier alpha value is -1.27. The molecule has 0 bridgehead atoms. The van der Waals surface area contributed by atoms with Crippen LogP contribution in [-0.2, 0) is 4.79 Å². The summed E-state index contributed by atoms with van der Waals surface area (Å²) in [6, 6.07) is 5.86. The summed E-state index contributed by atoms with van der Waals surface area (Å²) in [4.78, 5) is 15.2. The van der Waals surface area contributed by atoms with Gasteiger partial charge in [-0.2, -0.15) is 0 Å². The highest BCUT2D eigenvalue weighted by Crippen LogP contribution is 2.27. The summed E-state index contributed by atoms with van der Waals surface area (Å²) in [6.45, 7) is 3.70. The number of carbonyl (C=O) groups is 1. The van der Waals surface area contributed by atoms with Crippen molar-refractivity contribution in [2.75, 3.05) is 43.4 Å². The second kappa shape index (κ2) is 5.58. The fourth-order valence-corrected chi connectivity index (χ4v) is 2.51. The van der Waals surface area contributed by atoms with Gasteiger partial charge < -0.3 is 16.4 Å². The van der Waals surface area contributed by atoms with E-state index < -0.39 is 0 Å². The number of carbonyl (C=O) groups excluding carboxylic acids is 1. The Morgan fingerprint density at radius 3 is 2.56 bits per heavy atom. The topological polar surface area (TPSA) is 75.6 Å². The van der Waals surface area contributed by atoms with Gasteiger partial charge in [0.05, 0.1) is 17.9 Å². The lowest BCUT2D eigenvalue weighted by atomic mass is 10.2. The van der Waals surface area contributed by atoms with Gasteiger partial charge in [0.1, 0.15) is 0 Å². The Morgan fingerprint density at radius 1 is 1.28 bits per heavy atom. The van der Waals surface area contributed by atoms with Crippen molar-refractivity contribution in [3.63, 3.8) is 0 Å². The van der Waals surface area contributed by atoms with E-state index in [1.807, 2.05) is 18.2 Å². The molecule has 1 heterocycles. The average molecular weight is 313 g/mol. The van der Waals surface area contributed by atoms with Gasteiger partial charge in [0.15, 0.2) is 0 Å². The van der Waals surface area contributed by atoms with Gasteiger partial charge in [-0.1, -0.05) is 15.9 Å². The number of amides is 1. The average Bonchev–Trinajstić information content (AvgIpc) is 2.33. The van der Waals surface area contributed by atoms with E-state index >= 15 is 0 Å². The van der Waals surface area contributed by atoms with Gasteiger partial charge in [0.25, 0.3) is 0 Å². The molecule has 1 aromatic carbocycles. The molecule has 4 N–H and O–H groups in total. The highest BCUT2D eigenvalue weighted by atomic mass is 79.9. The first kappa shape index (κ1) is 13.2. The van der Waals surface area contributed by atoms with Gasteiger partial charge in [-0.05, 0) is 18.2 Å². The summed E-state index contributed by atoms with van der Waals surface area (Å²) in [7, 11) is 0. The molecule has 1 aliphatic rings. The fraction of sp³-hybridized carbons (Fsp3) is 0.417. The molecule has 0 saturated carbocycles. The number of hydrogen-bond acceptors (Lipinski definition) is 4. The molecule has 1 saturated heterocycles. The number of halogens is 1. The minimum Gasteiger partial charge on any atom is -0.397 e. The number of primary amides is 1. The van der Waals surface area contributed by atoms with E-state index in [9.17, 15) is 4.79 Å². The lowest BCUT2D eigenvalue weighted by molar-refractivity contribution is -0.119. The van der Waals surface area contributed by atoms with Crippen molar-refractivity contribution in [1.82, 2.24) is 4.90 Å². The Kier molecular flexibility index (Phi) is 4.08. The fourth-order valence-electron chi connectivity index (χ4n) is 2.16. The number of hydrogen-bond donors (Lipinski definition) is 2. The van der Waals surface area contributed by atoms with E-state index in [1.54, 1.807) is 0 Å². The van der Waals surface area contributed by atoms with Crippen LogP contribution in [0, 0.1) is 0 Å². The van der Waals surface area contributed by atoms with E-state index in [2.05, 4.69) is 25.7 Å². The van der Waals surface area contributed by atoms with Crippen LogP contribution in [-0.4, -0.2) is 43.5 Å². The van der Waals surface area contributed by atoms with E-state index in [0.717, 1.165) is 42.0 Å². The van der Waals surface area contributed by atoms with Crippen LogP contribution in [0.4, 0.5) is 11.4 Å². The van der Waals surface area contributed by atoms with E-state index in [4.69, 9.17) is 11.5 Å². The molecule has 1 amide bonds. The van der Waals surface area contributed by atoms with E-state index in [0.29, 0.717) is 6.54 Å². The Bertz CT molecular complexity index is 444. The normalized spacial score (nSPS) is 16.8. The molecule has 0 aliphatic carbocycles. The molecule has 18 heavy (non-hydrogen) atoms. The van der Waals surface area contributed by atoms with Gasteiger partial charge in [-0.25, -0.2) is 0 Å². The first-order valence-corrected chi connectivity index (χ1v) is 6.66. The molecule has 0 unspecified atom stereocenters. The molecule has 5 nitrogen and oxygen atoms in total. The number of nitrogens with zero attached hydrogens (tertiary/aromatic N) is 2. The van der Waals surface area contributed by atoms with E-state index in [1.165, 1.54) is 0 Å². The lowest BCUT2D eigenvalue weighted by Gasteiger charge is -2.36. The highest BCUT2D eigenvalue weighted by Gasteiger charge is 2.19. The van der Waals surface area contributed by atoms with Crippen molar-refractivity contribution in [2.45, 2.75) is 0 Å². The van der Waals surface area contributed by atoms with Gasteiger partial charge >= 0.3 is 0 Å². The molecule has 0 spiro atoms. The van der Waals surface area contributed by atoms with Crippen LogP contribution < -0.4 is 16.4 Å².